The zero-order valence-electron chi connectivity index (χ0n) is 19.5. The SMILES string of the molecule is Cc1c(NC(=O)CCN2CCC(c3nc4ccccc4o3)CC2)c(=O)n(-c2ccccc2)n1C. The van der Waals surface area contributed by atoms with Gasteiger partial charge in [-0.3, -0.25) is 14.3 Å². The van der Waals surface area contributed by atoms with E-state index in [4.69, 9.17) is 4.42 Å². The Bertz CT molecular complexity index is 1330. The van der Waals surface area contributed by atoms with E-state index in [2.05, 4.69) is 15.2 Å². The highest BCUT2D eigenvalue weighted by atomic mass is 16.3. The molecule has 1 amide bonds. The summed E-state index contributed by atoms with van der Waals surface area (Å²) < 4.78 is 9.29. The molecule has 8 heteroatoms. The Labute approximate surface area is 197 Å². The van der Waals surface area contributed by atoms with E-state index < -0.39 is 0 Å². The summed E-state index contributed by atoms with van der Waals surface area (Å²) in [5, 5.41) is 2.85. The highest BCUT2D eigenvalue weighted by molar-refractivity contribution is 5.91. The third kappa shape index (κ3) is 4.28. The summed E-state index contributed by atoms with van der Waals surface area (Å²) >= 11 is 0. The minimum absolute atomic E-state index is 0.146. The summed E-state index contributed by atoms with van der Waals surface area (Å²) in [7, 11) is 1.82. The summed E-state index contributed by atoms with van der Waals surface area (Å²) in [6.45, 7) is 4.28. The molecule has 1 aliphatic rings. The van der Waals surface area contributed by atoms with E-state index >= 15 is 0 Å². The molecule has 1 N–H and O–H groups in total. The Morgan fingerprint density at radius 2 is 1.79 bits per heavy atom. The smallest absolute Gasteiger partial charge is 0.295 e. The molecule has 0 atom stereocenters. The zero-order chi connectivity index (χ0) is 23.7. The van der Waals surface area contributed by atoms with Crippen LogP contribution in [0.15, 0.2) is 63.8 Å². The van der Waals surface area contributed by atoms with Crippen LogP contribution in [0.2, 0.25) is 0 Å². The Hall–Kier alpha value is -3.65. The van der Waals surface area contributed by atoms with Gasteiger partial charge in [-0.15, -0.1) is 0 Å². The van der Waals surface area contributed by atoms with Crippen LogP contribution in [-0.2, 0) is 11.8 Å². The third-order valence-corrected chi connectivity index (χ3v) is 6.72. The molecule has 176 valence electrons. The summed E-state index contributed by atoms with van der Waals surface area (Å²) in [6, 6.07) is 17.3. The molecule has 4 aromatic rings. The first-order chi connectivity index (χ1) is 16.5. The molecule has 0 saturated carbocycles. The maximum Gasteiger partial charge on any atom is 0.295 e. The van der Waals surface area contributed by atoms with Crippen molar-refractivity contribution in [2.24, 2.45) is 7.05 Å². The summed E-state index contributed by atoms with van der Waals surface area (Å²) in [5.41, 5.74) is 3.34. The molecule has 8 nitrogen and oxygen atoms in total. The van der Waals surface area contributed by atoms with Crippen LogP contribution in [0.4, 0.5) is 5.69 Å². The molecular formula is C26H29N5O3. The topological polar surface area (TPSA) is 85.3 Å². The van der Waals surface area contributed by atoms with Gasteiger partial charge in [0.05, 0.1) is 11.4 Å². The molecule has 0 bridgehead atoms. The van der Waals surface area contributed by atoms with Crippen molar-refractivity contribution in [3.63, 3.8) is 0 Å². The fourth-order valence-electron chi connectivity index (χ4n) is 4.64. The van der Waals surface area contributed by atoms with E-state index in [1.54, 1.807) is 9.36 Å². The average Bonchev–Trinajstić information content (AvgIpc) is 3.38. The average molecular weight is 460 g/mol. The molecule has 1 fully saturated rings. The number of nitrogens with one attached hydrogen (secondary N) is 1. The molecule has 2 aromatic heterocycles. The quantitative estimate of drug-likeness (QED) is 0.474. The van der Waals surface area contributed by atoms with E-state index in [0.29, 0.717) is 24.6 Å². The predicted molar refractivity (Wildman–Crippen MR) is 131 cm³/mol. The first kappa shape index (κ1) is 22.2. The molecule has 1 saturated heterocycles. The largest absolute Gasteiger partial charge is 0.440 e. The maximum atomic E-state index is 13.0. The Morgan fingerprint density at radius 1 is 1.09 bits per heavy atom. The van der Waals surface area contributed by atoms with E-state index in [-0.39, 0.29) is 11.5 Å². The van der Waals surface area contributed by atoms with Crippen molar-refractivity contribution in [2.75, 3.05) is 25.0 Å². The number of piperidine rings is 1. The highest BCUT2D eigenvalue weighted by Crippen LogP contribution is 2.30. The van der Waals surface area contributed by atoms with Gasteiger partial charge in [0, 0.05) is 25.9 Å². The number of fused-ring (bicyclic) bond motifs is 1. The lowest BCUT2D eigenvalue weighted by Crippen LogP contribution is -2.35. The van der Waals surface area contributed by atoms with Crippen molar-refractivity contribution < 1.29 is 9.21 Å². The van der Waals surface area contributed by atoms with Gasteiger partial charge in [-0.2, -0.15) is 0 Å². The first-order valence-corrected chi connectivity index (χ1v) is 11.7. The molecule has 3 heterocycles. The lowest BCUT2D eigenvalue weighted by Gasteiger charge is -2.30. The van der Waals surface area contributed by atoms with Crippen molar-refractivity contribution in [3.05, 3.63) is 76.5 Å². The number of rotatable bonds is 6. The van der Waals surface area contributed by atoms with Gasteiger partial charge in [-0.25, -0.2) is 9.67 Å². The van der Waals surface area contributed by atoms with E-state index in [9.17, 15) is 9.59 Å². The van der Waals surface area contributed by atoms with Crippen LogP contribution < -0.4 is 10.9 Å². The van der Waals surface area contributed by atoms with Crippen LogP contribution in [0, 0.1) is 6.92 Å². The lowest BCUT2D eigenvalue weighted by molar-refractivity contribution is -0.116. The van der Waals surface area contributed by atoms with Crippen molar-refractivity contribution in [2.45, 2.75) is 32.1 Å². The van der Waals surface area contributed by atoms with Crippen LogP contribution in [0.5, 0.6) is 0 Å². The summed E-state index contributed by atoms with van der Waals surface area (Å²) in [5.74, 6) is 0.973. The summed E-state index contributed by atoms with van der Waals surface area (Å²) in [4.78, 5) is 32.6. The fourth-order valence-corrected chi connectivity index (χ4v) is 4.64. The second kappa shape index (κ2) is 9.30. The van der Waals surface area contributed by atoms with Crippen molar-refractivity contribution >= 4 is 22.7 Å². The van der Waals surface area contributed by atoms with Crippen LogP contribution in [0.25, 0.3) is 16.8 Å². The number of carbonyl (C=O) groups excluding carboxylic acids is 1. The van der Waals surface area contributed by atoms with Crippen molar-refractivity contribution in [1.29, 1.82) is 0 Å². The van der Waals surface area contributed by atoms with Gasteiger partial charge in [0.1, 0.15) is 11.2 Å². The van der Waals surface area contributed by atoms with E-state index in [1.165, 1.54) is 0 Å². The number of nitrogens with zero attached hydrogens (tertiary/aromatic N) is 4. The van der Waals surface area contributed by atoms with Crippen LogP contribution in [0.1, 0.15) is 36.8 Å². The molecule has 0 aliphatic carbocycles. The number of benzene rings is 2. The standard InChI is InChI=1S/C26H29N5O3/c1-18-24(26(33)31(29(18)2)20-8-4-3-5-9-20)28-23(32)14-17-30-15-12-19(13-16-30)25-27-21-10-6-7-11-22(21)34-25/h3-11,19H,12-17H2,1-2H3,(H,28,32). The van der Waals surface area contributed by atoms with Crippen LogP contribution in [0.3, 0.4) is 0 Å². The first-order valence-electron chi connectivity index (χ1n) is 11.7. The van der Waals surface area contributed by atoms with Crippen molar-refractivity contribution in [3.8, 4) is 5.69 Å². The van der Waals surface area contributed by atoms with Gasteiger partial charge in [0.15, 0.2) is 11.5 Å². The number of likely N-dealkylation sites (tertiary alicyclic amines) is 1. The van der Waals surface area contributed by atoms with Gasteiger partial charge in [0.25, 0.3) is 5.56 Å². The highest BCUT2D eigenvalue weighted by Gasteiger charge is 2.25. The molecule has 2 aromatic carbocycles. The Morgan fingerprint density at radius 3 is 2.53 bits per heavy atom. The lowest BCUT2D eigenvalue weighted by atomic mass is 9.96. The molecule has 0 unspecified atom stereocenters. The number of oxazole rings is 1. The van der Waals surface area contributed by atoms with Crippen LogP contribution in [-0.4, -0.2) is 44.8 Å². The minimum Gasteiger partial charge on any atom is -0.440 e. The monoisotopic (exact) mass is 459 g/mol. The molecule has 34 heavy (non-hydrogen) atoms. The van der Waals surface area contributed by atoms with Gasteiger partial charge in [0.2, 0.25) is 5.91 Å². The number of anilines is 1. The van der Waals surface area contributed by atoms with Crippen LogP contribution >= 0.6 is 0 Å². The molecule has 0 spiro atoms. The van der Waals surface area contributed by atoms with Gasteiger partial charge in [-0.05, 0) is 57.1 Å². The number of hydrogen-bond acceptors (Lipinski definition) is 5. The van der Waals surface area contributed by atoms with Gasteiger partial charge >= 0.3 is 0 Å². The Kier molecular flexibility index (Phi) is 6.06. The van der Waals surface area contributed by atoms with Gasteiger partial charge in [-0.1, -0.05) is 30.3 Å². The zero-order valence-corrected chi connectivity index (χ0v) is 19.5. The van der Waals surface area contributed by atoms with E-state index in [1.807, 2.05) is 68.6 Å². The molecule has 0 radical (unpaired) electrons. The summed E-state index contributed by atoms with van der Waals surface area (Å²) in [6.07, 6.45) is 2.24. The number of aromatic nitrogens is 3. The molecular weight excluding hydrogens is 430 g/mol. The Balaban J connectivity index is 1.16. The van der Waals surface area contributed by atoms with Gasteiger partial charge < -0.3 is 14.6 Å². The maximum absolute atomic E-state index is 13.0. The fraction of sp³-hybridized carbons (Fsp3) is 0.346. The number of para-hydroxylation sites is 3. The second-order valence-electron chi connectivity index (χ2n) is 8.87. The molecule has 1 aliphatic heterocycles. The number of amides is 1. The number of hydrogen-bond donors (Lipinski definition) is 1. The third-order valence-electron chi connectivity index (χ3n) is 6.72. The molecule has 5 rings (SSSR count). The number of carbonyl (C=O) groups is 1. The normalized spacial score (nSPS) is 15.1. The van der Waals surface area contributed by atoms with Crippen molar-refractivity contribution in [1.82, 2.24) is 19.2 Å². The predicted octanol–water partition coefficient (Wildman–Crippen LogP) is 3.83. The minimum atomic E-state index is -0.223. The second-order valence-corrected chi connectivity index (χ2v) is 8.87. The van der Waals surface area contributed by atoms with E-state index in [0.717, 1.165) is 54.3 Å².